The highest BCUT2D eigenvalue weighted by atomic mass is 19.1. The Labute approximate surface area is 141 Å². The molecule has 0 aromatic heterocycles. The fourth-order valence-electron chi connectivity index (χ4n) is 3.25. The van der Waals surface area contributed by atoms with Crippen LogP contribution in [0.5, 0.6) is 5.75 Å². The molecule has 0 unspecified atom stereocenters. The Morgan fingerprint density at radius 3 is 2.71 bits per heavy atom. The Morgan fingerprint density at radius 2 is 2.00 bits per heavy atom. The van der Waals surface area contributed by atoms with Gasteiger partial charge in [-0.3, -0.25) is 4.90 Å². The summed E-state index contributed by atoms with van der Waals surface area (Å²) in [5.74, 6) is -0.0884. The molecule has 3 rings (SSSR count). The molecule has 5 heteroatoms. The van der Waals surface area contributed by atoms with Gasteiger partial charge in [-0.05, 0) is 11.6 Å². The Bertz CT molecular complexity index is 665. The zero-order valence-electron chi connectivity index (χ0n) is 13.7. The monoisotopic (exact) mass is 331 g/mol. The van der Waals surface area contributed by atoms with Crippen LogP contribution in [0.15, 0.2) is 48.5 Å². The number of hydrogen-bond acceptors (Lipinski definition) is 4. The molecular weight excluding hydrogens is 309 g/mol. The number of nitrogens with zero attached hydrogens (tertiary/aromatic N) is 1. The van der Waals surface area contributed by atoms with Gasteiger partial charge in [0.2, 0.25) is 0 Å². The molecule has 2 atom stereocenters. The number of aliphatic hydroxyl groups is 1. The van der Waals surface area contributed by atoms with Gasteiger partial charge in [-0.25, -0.2) is 4.39 Å². The summed E-state index contributed by atoms with van der Waals surface area (Å²) in [4.78, 5) is 2.15. The van der Waals surface area contributed by atoms with Gasteiger partial charge in [0.1, 0.15) is 6.10 Å². The van der Waals surface area contributed by atoms with Crippen molar-refractivity contribution in [3.8, 4) is 5.75 Å². The topological polar surface area (TPSA) is 41.9 Å². The van der Waals surface area contributed by atoms with E-state index in [1.165, 1.54) is 7.11 Å². The lowest BCUT2D eigenvalue weighted by molar-refractivity contribution is -0.0962. The largest absolute Gasteiger partial charge is 0.494 e. The van der Waals surface area contributed by atoms with Gasteiger partial charge >= 0.3 is 0 Å². The van der Waals surface area contributed by atoms with Crippen LogP contribution < -0.4 is 4.74 Å². The molecule has 1 N–H and O–H groups in total. The highest BCUT2D eigenvalue weighted by molar-refractivity contribution is 5.31. The lowest BCUT2D eigenvalue weighted by atomic mass is 9.97. The first-order valence-electron chi connectivity index (χ1n) is 8.07. The average Bonchev–Trinajstić information content (AvgIpc) is 2.64. The Morgan fingerprint density at radius 1 is 1.21 bits per heavy atom. The number of rotatable bonds is 5. The molecular formula is C19H22FNO3. The molecule has 1 aliphatic rings. The predicted octanol–water partition coefficient (Wildman–Crippen LogP) is 2.77. The van der Waals surface area contributed by atoms with E-state index >= 15 is 0 Å². The maximum absolute atomic E-state index is 14.5. The lowest BCUT2D eigenvalue weighted by Crippen LogP contribution is -2.46. The van der Waals surface area contributed by atoms with Gasteiger partial charge in [0, 0.05) is 18.7 Å². The molecule has 1 heterocycles. The molecule has 0 amide bonds. The molecule has 1 saturated heterocycles. The standard InChI is InChI=1S/C19H22FNO3/c1-23-16-9-5-8-15(18(16)20)12-21-10-11-24-17(13-22)19(21)14-6-3-2-4-7-14/h2-9,17,19,22H,10-13H2,1H3/t17-,19-/m1/s1. The Hall–Kier alpha value is -1.95. The average molecular weight is 331 g/mol. The van der Waals surface area contributed by atoms with E-state index in [-0.39, 0.29) is 30.3 Å². The van der Waals surface area contributed by atoms with E-state index < -0.39 is 0 Å². The minimum atomic E-state index is -0.334. The first-order valence-corrected chi connectivity index (χ1v) is 8.07. The molecule has 0 bridgehead atoms. The van der Waals surface area contributed by atoms with Gasteiger partial charge in [-0.2, -0.15) is 0 Å². The van der Waals surface area contributed by atoms with Gasteiger partial charge in [-0.1, -0.05) is 42.5 Å². The van der Waals surface area contributed by atoms with Crippen molar-refractivity contribution in [2.24, 2.45) is 0 Å². The van der Waals surface area contributed by atoms with E-state index in [0.717, 1.165) is 5.56 Å². The highest BCUT2D eigenvalue weighted by Crippen LogP contribution is 2.32. The minimum absolute atomic E-state index is 0.0728. The van der Waals surface area contributed by atoms with E-state index in [0.29, 0.717) is 25.3 Å². The number of methoxy groups -OCH3 is 1. The Balaban J connectivity index is 1.90. The molecule has 2 aromatic carbocycles. The molecule has 0 saturated carbocycles. The molecule has 128 valence electrons. The predicted molar refractivity (Wildman–Crippen MR) is 89.4 cm³/mol. The van der Waals surface area contributed by atoms with Crippen molar-refractivity contribution in [2.45, 2.75) is 18.7 Å². The summed E-state index contributed by atoms with van der Waals surface area (Å²) in [5.41, 5.74) is 1.63. The number of ether oxygens (including phenoxy) is 2. The number of aliphatic hydroxyl groups excluding tert-OH is 1. The molecule has 4 nitrogen and oxygen atoms in total. The first-order chi connectivity index (χ1) is 11.7. The van der Waals surface area contributed by atoms with Crippen molar-refractivity contribution in [1.29, 1.82) is 0 Å². The van der Waals surface area contributed by atoms with Crippen LogP contribution in [0.4, 0.5) is 4.39 Å². The second kappa shape index (κ2) is 7.75. The third-order valence-electron chi connectivity index (χ3n) is 4.41. The summed E-state index contributed by atoms with van der Waals surface area (Å²) in [6.07, 6.45) is -0.324. The highest BCUT2D eigenvalue weighted by Gasteiger charge is 2.33. The summed E-state index contributed by atoms with van der Waals surface area (Å²) < 4.78 is 25.3. The van der Waals surface area contributed by atoms with Gasteiger partial charge in [0.15, 0.2) is 11.6 Å². The van der Waals surface area contributed by atoms with Crippen molar-refractivity contribution < 1.29 is 19.0 Å². The van der Waals surface area contributed by atoms with E-state index in [2.05, 4.69) is 4.90 Å². The van der Waals surface area contributed by atoms with Crippen LogP contribution in [0.25, 0.3) is 0 Å². The number of morpholine rings is 1. The minimum Gasteiger partial charge on any atom is -0.494 e. The number of benzene rings is 2. The quantitative estimate of drug-likeness (QED) is 0.915. The molecule has 24 heavy (non-hydrogen) atoms. The second-order valence-electron chi connectivity index (χ2n) is 5.85. The summed E-state index contributed by atoms with van der Waals surface area (Å²) in [7, 11) is 1.46. The zero-order valence-corrected chi connectivity index (χ0v) is 13.7. The SMILES string of the molecule is COc1cccc(CN2CCO[C@H](CO)[C@H]2c2ccccc2)c1F. The van der Waals surface area contributed by atoms with Crippen LogP contribution in [0.3, 0.4) is 0 Å². The third-order valence-corrected chi connectivity index (χ3v) is 4.41. The molecule has 1 aliphatic heterocycles. The third kappa shape index (κ3) is 3.43. The van der Waals surface area contributed by atoms with Crippen LogP contribution in [-0.2, 0) is 11.3 Å². The van der Waals surface area contributed by atoms with Crippen LogP contribution in [0.2, 0.25) is 0 Å². The Kier molecular flexibility index (Phi) is 5.45. The van der Waals surface area contributed by atoms with Crippen molar-refractivity contribution in [3.63, 3.8) is 0 Å². The van der Waals surface area contributed by atoms with Crippen LogP contribution in [-0.4, -0.2) is 43.0 Å². The summed E-state index contributed by atoms with van der Waals surface area (Å²) >= 11 is 0. The van der Waals surface area contributed by atoms with Crippen molar-refractivity contribution >= 4 is 0 Å². The van der Waals surface area contributed by atoms with E-state index in [1.54, 1.807) is 18.2 Å². The van der Waals surface area contributed by atoms with E-state index in [4.69, 9.17) is 9.47 Å². The van der Waals surface area contributed by atoms with E-state index in [9.17, 15) is 9.50 Å². The molecule has 2 aromatic rings. The maximum atomic E-state index is 14.5. The van der Waals surface area contributed by atoms with E-state index in [1.807, 2.05) is 30.3 Å². The molecule has 0 spiro atoms. The van der Waals surface area contributed by atoms with Crippen LogP contribution >= 0.6 is 0 Å². The zero-order chi connectivity index (χ0) is 16.9. The second-order valence-corrected chi connectivity index (χ2v) is 5.85. The molecule has 0 aliphatic carbocycles. The number of hydrogen-bond donors (Lipinski definition) is 1. The van der Waals surface area contributed by atoms with Gasteiger partial charge in [-0.15, -0.1) is 0 Å². The fraction of sp³-hybridized carbons (Fsp3) is 0.368. The molecule has 0 radical (unpaired) electrons. The van der Waals surface area contributed by atoms with Crippen LogP contribution in [0, 0.1) is 5.82 Å². The smallest absolute Gasteiger partial charge is 0.169 e. The summed E-state index contributed by atoms with van der Waals surface area (Å²) in [6.45, 7) is 1.55. The van der Waals surface area contributed by atoms with Crippen molar-refractivity contribution in [1.82, 2.24) is 4.90 Å². The normalized spacial score (nSPS) is 21.6. The summed E-state index contributed by atoms with van der Waals surface area (Å²) in [5, 5.41) is 9.70. The molecule has 1 fully saturated rings. The van der Waals surface area contributed by atoms with Crippen LogP contribution in [0.1, 0.15) is 17.2 Å². The van der Waals surface area contributed by atoms with Crippen molar-refractivity contribution in [3.05, 3.63) is 65.5 Å². The number of halogens is 1. The summed E-state index contributed by atoms with van der Waals surface area (Å²) in [6, 6.07) is 15.0. The van der Waals surface area contributed by atoms with Gasteiger partial charge in [0.25, 0.3) is 0 Å². The van der Waals surface area contributed by atoms with Crippen molar-refractivity contribution in [2.75, 3.05) is 26.9 Å². The lowest BCUT2D eigenvalue weighted by Gasteiger charge is -2.41. The maximum Gasteiger partial charge on any atom is 0.169 e. The fourth-order valence-corrected chi connectivity index (χ4v) is 3.25. The van der Waals surface area contributed by atoms with Gasteiger partial charge < -0.3 is 14.6 Å². The first kappa shape index (κ1) is 16.9. The van der Waals surface area contributed by atoms with Gasteiger partial charge in [0.05, 0.1) is 26.4 Å².